The van der Waals surface area contributed by atoms with Crippen molar-refractivity contribution in [3.8, 4) is 67.5 Å². The van der Waals surface area contributed by atoms with Crippen LogP contribution in [0.15, 0.2) is 121 Å². The molecule has 56 heavy (non-hydrogen) atoms. The molecule has 0 fully saturated rings. The molecule has 0 saturated carbocycles. The molecule has 0 aliphatic carbocycles. The first-order valence-corrected chi connectivity index (χ1v) is 17.9. The molecule has 2 aliphatic rings. The van der Waals surface area contributed by atoms with E-state index in [1.807, 2.05) is 48.5 Å². The van der Waals surface area contributed by atoms with Crippen LogP contribution in [-0.2, 0) is 17.1 Å². The zero-order valence-corrected chi connectivity index (χ0v) is 31.9. The molecule has 5 heterocycles. The van der Waals surface area contributed by atoms with Crippen LogP contribution in [0, 0.1) is 0 Å². The first kappa shape index (κ1) is 36.2. The van der Waals surface area contributed by atoms with Gasteiger partial charge in [-0.15, -0.1) is 0 Å². The molecule has 276 valence electrons. The second-order valence-corrected chi connectivity index (χ2v) is 13.2. The third-order valence-electron chi connectivity index (χ3n) is 10.0. The number of aromatic nitrogens is 4. The van der Waals surface area contributed by atoms with E-state index in [4.69, 9.17) is 24.2 Å². The minimum atomic E-state index is 0. The number of phenolic OH excluding ortho intramolecular Hbond substituents is 1. The monoisotopic (exact) mass is 776 g/mol. The normalized spacial score (nSPS) is 11.6. The molecule has 0 unspecified atom stereocenters. The standard InChI is InChI=1S/C47H36N4O4.Fe/c1-53-33-14-6-29(7-15-33)45-38-22-20-36(48-38)44(28-4-12-32(52)13-5-28)37-21-23-39(49-37)46(30-8-16-34(54-2)17-9-30)41-25-27-43(51-41)47(42-26-24-40(45)50-42)31-10-18-35(55-3)19-11-31;/h4-27,48,51-52H,1-3H3;. The molecule has 0 radical (unpaired) electrons. The zero-order chi connectivity index (χ0) is 37.5. The van der Waals surface area contributed by atoms with Crippen molar-refractivity contribution in [3.05, 3.63) is 144 Å². The molecule has 0 amide bonds. The van der Waals surface area contributed by atoms with E-state index in [-0.39, 0.29) is 22.8 Å². The molecule has 3 N–H and O–H groups in total. The molecule has 0 atom stereocenters. The van der Waals surface area contributed by atoms with Gasteiger partial charge in [0.1, 0.15) is 23.0 Å². The minimum absolute atomic E-state index is 0. The Labute approximate surface area is 334 Å². The van der Waals surface area contributed by atoms with Gasteiger partial charge in [-0.1, -0.05) is 48.5 Å². The van der Waals surface area contributed by atoms with Crippen molar-refractivity contribution in [1.29, 1.82) is 0 Å². The van der Waals surface area contributed by atoms with Crippen molar-refractivity contribution in [2.24, 2.45) is 0 Å². The number of methoxy groups -OCH3 is 3. The maximum atomic E-state index is 10.2. The third-order valence-corrected chi connectivity index (χ3v) is 10.0. The van der Waals surface area contributed by atoms with Crippen LogP contribution in [0.1, 0.15) is 22.8 Å². The van der Waals surface area contributed by atoms with Crippen LogP contribution in [0.3, 0.4) is 0 Å². The molecule has 0 saturated heterocycles. The van der Waals surface area contributed by atoms with Crippen LogP contribution in [-0.4, -0.2) is 46.4 Å². The second kappa shape index (κ2) is 15.1. The Balaban J connectivity index is 0.00000441. The Morgan fingerprint density at radius 1 is 0.375 bits per heavy atom. The van der Waals surface area contributed by atoms with Crippen LogP contribution >= 0.6 is 0 Å². The summed E-state index contributed by atoms with van der Waals surface area (Å²) in [6.45, 7) is 0. The number of hydrogen-bond acceptors (Lipinski definition) is 6. The van der Waals surface area contributed by atoms with Crippen molar-refractivity contribution < 1.29 is 36.4 Å². The predicted molar refractivity (Wildman–Crippen MR) is 222 cm³/mol. The molecule has 8 nitrogen and oxygen atoms in total. The molecule has 4 aromatic carbocycles. The van der Waals surface area contributed by atoms with Gasteiger partial charge in [0.05, 0.1) is 44.1 Å². The van der Waals surface area contributed by atoms with Crippen molar-refractivity contribution in [2.45, 2.75) is 0 Å². The van der Waals surface area contributed by atoms with Gasteiger partial charge in [0.15, 0.2) is 0 Å². The molecule has 8 bridgehead atoms. The summed E-state index contributed by atoms with van der Waals surface area (Å²) in [5.41, 5.74) is 14.3. The van der Waals surface area contributed by atoms with Crippen molar-refractivity contribution in [2.75, 3.05) is 21.3 Å². The number of aromatic amines is 2. The summed E-state index contributed by atoms with van der Waals surface area (Å²) in [5.74, 6) is 2.50. The first-order chi connectivity index (χ1) is 27.0. The van der Waals surface area contributed by atoms with Crippen molar-refractivity contribution in [1.82, 2.24) is 19.9 Å². The maximum absolute atomic E-state index is 10.2. The summed E-state index contributed by atoms with van der Waals surface area (Å²) >= 11 is 0. The molecule has 9 rings (SSSR count). The van der Waals surface area contributed by atoms with Crippen LogP contribution in [0.2, 0.25) is 0 Å². The van der Waals surface area contributed by atoms with Crippen molar-refractivity contribution in [3.63, 3.8) is 0 Å². The largest absolute Gasteiger partial charge is 0.508 e. The predicted octanol–water partition coefficient (Wildman–Crippen LogP) is 11.1. The molecular formula is C47H36FeN4O4. The Kier molecular flexibility index (Phi) is 9.79. The Morgan fingerprint density at radius 2 is 0.625 bits per heavy atom. The van der Waals surface area contributed by atoms with E-state index in [1.165, 1.54) is 0 Å². The molecule has 9 heteroatoms. The number of nitrogens with one attached hydrogen (secondary N) is 2. The van der Waals surface area contributed by atoms with E-state index in [0.717, 1.165) is 107 Å². The van der Waals surface area contributed by atoms with Gasteiger partial charge in [0.2, 0.25) is 0 Å². The van der Waals surface area contributed by atoms with Gasteiger partial charge in [0, 0.05) is 61.4 Å². The topological polar surface area (TPSA) is 105 Å². The van der Waals surface area contributed by atoms with Gasteiger partial charge in [-0.25, -0.2) is 9.97 Å². The van der Waals surface area contributed by atoms with Gasteiger partial charge < -0.3 is 29.3 Å². The summed E-state index contributed by atoms with van der Waals surface area (Å²) in [6.07, 6.45) is 8.27. The number of aromatic hydroxyl groups is 1. The van der Waals surface area contributed by atoms with E-state index in [9.17, 15) is 5.11 Å². The Morgan fingerprint density at radius 3 is 0.875 bits per heavy atom. The van der Waals surface area contributed by atoms with Crippen LogP contribution in [0.5, 0.6) is 23.0 Å². The minimum Gasteiger partial charge on any atom is -0.508 e. The quantitative estimate of drug-likeness (QED) is 0.139. The van der Waals surface area contributed by atoms with Crippen molar-refractivity contribution >= 4 is 46.4 Å². The van der Waals surface area contributed by atoms with E-state index < -0.39 is 0 Å². The second-order valence-electron chi connectivity index (χ2n) is 13.2. The Hall–Kier alpha value is -6.80. The molecule has 7 aromatic rings. The summed E-state index contributed by atoms with van der Waals surface area (Å²) < 4.78 is 16.5. The van der Waals surface area contributed by atoms with E-state index in [0.29, 0.717) is 0 Å². The van der Waals surface area contributed by atoms with Crippen LogP contribution in [0.4, 0.5) is 0 Å². The van der Waals surface area contributed by atoms with Gasteiger partial charge >= 0.3 is 0 Å². The van der Waals surface area contributed by atoms with Crippen LogP contribution < -0.4 is 14.2 Å². The summed E-state index contributed by atoms with van der Waals surface area (Å²) in [6, 6.07) is 39.7. The molecular weight excluding hydrogens is 740 g/mol. The Bertz CT molecular complexity index is 2760. The first-order valence-electron chi connectivity index (χ1n) is 17.9. The van der Waals surface area contributed by atoms with E-state index >= 15 is 0 Å². The van der Waals surface area contributed by atoms with Crippen LogP contribution in [0.25, 0.3) is 90.9 Å². The third kappa shape index (κ3) is 6.64. The average molecular weight is 777 g/mol. The number of H-pyrrole nitrogens is 2. The van der Waals surface area contributed by atoms with Gasteiger partial charge in [-0.05, 0) is 119 Å². The summed E-state index contributed by atoms with van der Waals surface area (Å²) in [5, 5.41) is 10.2. The SMILES string of the molecule is COc1ccc(-c2c3nc(c(-c4ccc(OC)cc4)c4ccc([nH]4)c(-c4ccc(OC)cc4)c4nc(c(-c5ccc(O)cc5)c5ccc2[nH]5)C=C4)C=C3)cc1.[Fe]. The maximum Gasteiger partial charge on any atom is 0.118 e. The number of phenols is 1. The summed E-state index contributed by atoms with van der Waals surface area (Å²) in [4.78, 5) is 18.2. The molecule has 2 aliphatic heterocycles. The smallest absolute Gasteiger partial charge is 0.118 e. The summed E-state index contributed by atoms with van der Waals surface area (Å²) in [7, 11) is 5.01. The number of fused-ring (bicyclic) bond motifs is 8. The molecule has 3 aromatic heterocycles. The van der Waals surface area contributed by atoms with Gasteiger partial charge in [-0.2, -0.15) is 0 Å². The van der Waals surface area contributed by atoms with E-state index in [1.54, 1.807) is 33.5 Å². The fourth-order valence-corrected chi connectivity index (χ4v) is 7.32. The number of hydrogen-bond donors (Lipinski definition) is 3. The fourth-order valence-electron chi connectivity index (χ4n) is 7.32. The number of benzene rings is 4. The molecule has 0 spiro atoms. The number of ether oxygens (including phenoxy) is 3. The van der Waals surface area contributed by atoms with E-state index in [2.05, 4.69) is 94.9 Å². The number of rotatable bonds is 7. The van der Waals surface area contributed by atoms with Gasteiger partial charge in [-0.3, -0.25) is 0 Å². The average Bonchev–Trinajstić information content (AvgIpc) is 4.07. The van der Waals surface area contributed by atoms with Gasteiger partial charge in [0.25, 0.3) is 0 Å². The zero-order valence-electron chi connectivity index (χ0n) is 30.8. The fraction of sp³-hybridized carbons (Fsp3) is 0.0638. The number of nitrogens with zero attached hydrogens (tertiary/aromatic N) is 2.